The van der Waals surface area contributed by atoms with Gasteiger partial charge in [0.2, 0.25) is 6.17 Å². The molecule has 1 unspecified atom stereocenters. The average molecular weight is 279 g/mol. The molecule has 1 aliphatic rings. The van der Waals surface area contributed by atoms with Gasteiger partial charge in [-0.25, -0.2) is 8.78 Å². The highest BCUT2D eigenvalue weighted by molar-refractivity contribution is 6.21. The molecule has 2 rings (SSSR count). The van der Waals surface area contributed by atoms with E-state index in [0.29, 0.717) is 11.1 Å². The maximum Gasteiger partial charge on any atom is 0.261 e. The Kier molecular flexibility index (Phi) is 4.02. The molecule has 0 fully saturated rings. The molecule has 20 heavy (non-hydrogen) atoms. The maximum atomic E-state index is 13.0. The van der Waals surface area contributed by atoms with Crippen molar-refractivity contribution >= 4 is 18.1 Å². The van der Waals surface area contributed by atoms with Crippen molar-refractivity contribution in [2.75, 3.05) is 6.54 Å². The molecule has 2 amide bonds. The molecule has 0 bridgehead atoms. The van der Waals surface area contributed by atoms with Crippen LogP contribution in [-0.2, 0) is 4.79 Å². The first-order valence-electron chi connectivity index (χ1n) is 5.96. The second-order valence-electron chi connectivity index (χ2n) is 4.22. The summed E-state index contributed by atoms with van der Waals surface area (Å²) in [5.41, 5.74) is 0.608. The standard InChI is InChI=1S/C14H11F2NO3/c15-11(12(16)8-18)6-3-7-17-13(19)9-4-1-2-5-10(9)14(17)20/h1-2,4-6,8,12H,3,7H2. The zero-order chi connectivity index (χ0) is 14.7. The SMILES string of the molecule is O=CC(F)C(F)=CCCN1C(=O)c2ccccc2C1=O. The second kappa shape index (κ2) is 5.73. The van der Waals surface area contributed by atoms with Crippen molar-refractivity contribution in [3.05, 3.63) is 47.3 Å². The summed E-state index contributed by atoms with van der Waals surface area (Å²) >= 11 is 0. The molecule has 1 atom stereocenters. The van der Waals surface area contributed by atoms with Crippen molar-refractivity contribution in [2.45, 2.75) is 12.6 Å². The summed E-state index contributed by atoms with van der Waals surface area (Å²) in [6.45, 7) is -0.0641. The van der Waals surface area contributed by atoms with Crippen molar-refractivity contribution in [1.29, 1.82) is 0 Å². The van der Waals surface area contributed by atoms with Crippen LogP contribution in [0, 0.1) is 0 Å². The summed E-state index contributed by atoms with van der Waals surface area (Å²) in [6, 6.07) is 6.36. The largest absolute Gasteiger partial charge is 0.300 e. The summed E-state index contributed by atoms with van der Waals surface area (Å²) in [7, 11) is 0. The Bertz CT molecular complexity index is 563. The molecule has 0 saturated carbocycles. The quantitative estimate of drug-likeness (QED) is 0.612. The minimum atomic E-state index is -2.29. The fourth-order valence-electron chi connectivity index (χ4n) is 1.95. The van der Waals surface area contributed by atoms with Gasteiger partial charge in [0.05, 0.1) is 11.1 Å². The lowest BCUT2D eigenvalue weighted by Crippen LogP contribution is -2.30. The number of fused-ring (bicyclic) bond motifs is 1. The van der Waals surface area contributed by atoms with E-state index in [2.05, 4.69) is 0 Å². The van der Waals surface area contributed by atoms with Crippen LogP contribution in [0.4, 0.5) is 8.78 Å². The van der Waals surface area contributed by atoms with Crippen LogP contribution in [0.15, 0.2) is 36.2 Å². The van der Waals surface area contributed by atoms with Gasteiger partial charge in [0.25, 0.3) is 11.8 Å². The van der Waals surface area contributed by atoms with E-state index >= 15 is 0 Å². The van der Waals surface area contributed by atoms with Gasteiger partial charge in [0.1, 0.15) is 5.83 Å². The zero-order valence-electron chi connectivity index (χ0n) is 10.4. The van der Waals surface area contributed by atoms with Crippen LogP contribution in [-0.4, -0.2) is 35.7 Å². The first-order chi connectivity index (χ1) is 9.56. The minimum Gasteiger partial charge on any atom is -0.300 e. The molecule has 104 valence electrons. The Balaban J connectivity index is 2.05. The molecule has 0 saturated heterocycles. The molecule has 0 radical (unpaired) electrons. The van der Waals surface area contributed by atoms with E-state index in [9.17, 15) is 23.2 Å². The van der Waals surface area contributed by atoms with Gasteiger partial charge in [0, 0.05) is 6.54 Å². The second-order valence-corrected chi connectivity index (χ2v) is 4.22. The number of alkyl halides is 1. The van der Waals surface area contributed by atoms with Crippen molar-refractivity contribution in [3.63, 3.8) is 0 Å². The molecular formula is C14H11F2NO3. The van der Waals surface area contributed by atoms with Crippen LogP contribution >= 0.6 is 0 Å². The number of allylic oxidation sites excluding steroid dienone is 1. The number of hydrogen-bond acceptors (Lipinski definition) is 3. The van der Waals surface area contributed by atoms with Crippen molar-refractivity contribution in [3.8, 4) is 0 Å². The summed E-state index contributed by atoms with van der Waals surface area (Å²) in [5, 5.41) is 0. The van der Waals surface area contributed by atoms with Gasteiger partial charge < -0.3 is 0 Å². The molecule has 6 heteroatoms. The van der Waals surface area contributed by atoms with Crippen LogP contribution in [0.2, 0.25) is 0 Å². The van der Waals surface area contributed by atoms with E-state index < -0.39 is 23.8 Å². The first kappa shape index (κ1) is 14.0. The molecule has 0 spiro atoms. The van der Waals surface area contributed by atoms with Crippen LogP contribution in [0.1, 0.15) is 27.1 Å². The lowest BCUT2D eigenvalue weighted by molar-refractivity contribution is -0.111. The van der Waals surface area contributed by atoms with Gasteiger partial charge in [-0.2, -0.15) is 0 Å². The van der Waals surface area contributed by atoms with E-state index in [1.54, 1.807) is 12.1 Å². The molecule has 1 heterocycles. The molecule has 0 N–H and O–H groups in total. The third-order valence-corrected chi connectivity index (χ3v) is 2.95. The highest BCUT2D eigenvalue weighted by atomic mass is 19.2. The number of hydrogen-bond donors (Lipinski definition) is 0. The number of rotatable bonds is 5. The predicted octanol–water partition coefficient (Wildman–Crippen LogP) is 2.06. The highest BCUT2D eigenvalue weighted by Gasteiger charge is 2.34. The van der Waals surface area contributed by atoms with Gasteiger partial charge in [-0.3, -0.25) is 19.3 Å². The van der Waals surface area contributed by atoms with E-state index in [1.807, 2.05) is 0 Å². The summed E-state index contributed by atoms with van der Waals surface area (Å²) in [4.78, 5) is 34.9. The Hall–Kier alpha value is -2.37. The van der Waals surface area contributed by atoms with Crippen LogP contribution in [0.3, 0.4) is 0 Å². The van der Waals surface area contributed by atoms with Gasteiger partial charge in [-0.15, -0.1) is 0 Å². The van der Waals surface area contributed by atoms with Gasteiger partial charge >= 0.3 is 0 Å². The number of carbonyl (C=O) groups is 3. The summed E-state index contributed by atoms with van der Waals surface area (Å²) in [6.07, 6.45) is -1.64. The molecule has 0 aromatic heterocycles. The van der Waals surface area contributed by atoms with E-state index in [1.165, 1.54) is 12.1 Å². The third-order valence-electron chi connectivity index (χ3n) is 2.95. The molecule has 1 aliphatic heterocycles. The lowest BCUT2D eigenvalue weighted by atomic mass is 10.1. The van der Waals surface area contributed by atoms with E-state index in [4.69, 9.17) is 0 Å². The summed E-state index contributed by atoms with van der Waals surface area (Å²) in [5.74, 6) is -2.12. The Morgan fingerprint density at radius 3 is 2.25 bits per heavy atom. The van der Waals surface area contributed by atoms with Crippen LogP contribution < -0.4 is 0 Å². The molecular weight excluding hydrogens is 268 g/mol. The molecule has 1 aromatic rings. The van der Waals surface area contributed by atoms with E-state index in [0.717, 1.165) is 11.0 Å². The number of amides is 2. The van der Waals surface area contributed by atoms with E-state index in [-0.39, 0.29) is 19.3 Å². The summed E-state index contributed by atoms with van der Waals surface area (Å²) < 4.78 is 25.6. The van der Waals surface area contributed by atoms with Crippen LogP contribution in [0.25, 0.3) is 0 Å². The lowest BCUT2D eigenvalue weighted by Gasteiger charge is -2.12. The number of carbonyl (C=O) groups excluding carboxylic acids is 3. The Morgan fingerprint density at radius 1 is 1.20 bits per heavy atom. The number of nitrogens with zero attached hydrogens (tertiary/aromatic N) is 1. The fourth-order valence-corrected chi connectivity index (χ4v) is 1.95. The zero-order valence-corrected chi connectivity index (χ0v) is 10.4. The van der Waals surface area contributed by atoms with Crippen molar-refractivity contribution in [1.82, 2.24) is 4.90 Å². The van der Waals surface area contributed by atoms with Crippen molar-refractivity contribution < 1.29 is 23.2 Å². The normalized spacial score (nSPS) is 16.3. The molecule has 4 nitrogen and oxygen atoms in total. The molecule has 1 aromatic carbocycles. The average Bonchev–Trinajstić information content (AvgIpc) is 2.71. The number of halogens is 2. The minimum absolute atomic E-state index is 0.0500. The van der Waals surface area contributed by atoms with Crippen LogP contribution in [0.5, 0.6) is 0 Å². The monoisotopic (exact) mass is 279 g/mol. The number of imide groups is 1. The fraction of sp³-hybridized carbons (Fsp3) is 0.214. The number of benzene rings is 1. The third kappa shape index (κ3) is 2.49. The maximum absolute atomic E-state index is 13.0. The Labute approximate surface area is 113 Å². The Morgan fingerprint density at radius 2 is 1.75 bits per heavy atom. The number of aldehydes is 1. The van der Waals surface area contributed by atoms with Gasteiger partial charge in [0.15, 0.2) is 6.29 Å². The topological polar surface area (TPSA) is 54.5 Å². The first-order valence-corrected chi connectivity index (χ1v) is 5.96. The van der Waals surface area contributed by atoms with Crippen molar-refractivity contribution in [2.24, 2.45) is 0 Å². The highest BCUT2D eigenvalue weighted by Crippen LogP contribution is 2.22. The predicted molar refractivity (Wildman–Crippen MR) is 66.6 cm³/mol. The smallest absolute Gasteiger partial charge is 0.261 e. The molecule has 0 aliphatic carbocycles. The van der Waals surface area contributed by atoms with Gasteiger partial charge in [-0.05, 0) is 24.6 Å². The van der Waals surface area contributed by atoms with Gasteiger partial charge in [-0.1, -0.05) is 12.1 Å².